The Kier molecular flexibility index (Phi) is 6.35. The molecular formula is C17H24N4O4. The summed E-state index contributed by atoms with van der Waals surface area (Å²) < 4.78 is 11.9. The molecule has 136 valence electrons. The lowest BCUT2D eigenvalue weighted by Crippen LogP contribution is -2.32. The van der Waals surface area contributed by atoms with E-state index < -0.39 is 0 Å². The molecule has 0 fully saturated rings. The number of nitrogens with one attached hydrogen (secondary N) is 1. The number of rotatable bonds is 8. The predicted molar refractivity (Wildman–Crippen MR) is 95.3 cm³/mol. The van der Waals surface area contributed by atoms with E-state index in [1.807, 2.05) is 19.0 Å². The van der Waals surface area contributed by atoms with Crippen LogP contribution in [0.1, 0.15) is 6.42 Å². The normalized spacial score (nSPS) is 10.9. The average molecular weight is 348 g/mol. The largest absolute Gasteiger partial charge is 0.493 e. The molecule has 0 aliphatic heterocycles. The maximum atomic E-state index is 12.6. The molecule has 8 heteroatoms. The van der Waals surface area contributed by atoms with Gasteiger partial charge < -0.3 is 19.7 Å². The minimum absolute atomic E-state index is 0.0961. The van der Waals surface area contributed by atoms with Gasteiger partial charge in [-0.1, -0.05) is 0 Å². The standard InChI is InChI=1S/C17H24N4O4/c1-20(2)8-6-18-16(22)5-7-21-11-19-13-10-15(25-4)14(24-3)9-12(13)17(21)23/h9-11H,5-8H2,1-4H3,(H,18,22). The van der Waals surface area contributed by atoms with Gasteiger partial charge in [0.05, 0.1) is 31.4 Å². The highest BCUT2D eigenvalue weighted by Gasteiger charge is 2.11. The van der Waals surface area contributed by atoms with Crippen molar-refractivity contribution in [2.45, 2.75) is 13.0 Å². The van der Waals surface area contributed by atoms with Gasteiger partial charge in [-0.25, -0.2) is 4.98 Å². The van der Waals surface area contributed by atoms with Crippen LogP contribution in [0.4, 0.5) is 0 Å². The number of hydrogen-bond donors (Lipinski definition) is 1. The van der Waals surface area contributed by atoms with Crippen LogP contribution in [0.2, 0.25) is 0 Å². The molecule has 0 aliphatic rings. The van der Waals surface area contributed by atoms with Gasteiger partial charge in [-0.3, -0.25) is 14.2 Å². The van der Waals surface area contributed by atoms with E-state index in [0.717, 1.165) is 6.54 Å². The van der Waals surface area contributed by atoms with E-state index in [0.29, 0.717) is 28.9 Å². The first-order valence-corrected chi connectivity index (χ1v) is 7.99. The van der Waals surface area contributed by atoms with E-state index in [1.165, 1.54) is 25.1 Å². The maximum absolute atomic E-state index is 12.6. The quantitative estimate of drug-likeness (QED) is 0.747. The molecule has 0 saturated heterocycles. The Morgan fingerprint density at radius 3 is 2.56 bits per heavy atom. The van der Waals surface area contributed by atoms with Gasteiger partial charge in [0.1, 0.15) is 0 Å². The van der Waals surface area contributed by atoms with Crippen molar-refractivity contribution in [1.82, 2.24) is 19.8 Å². The van der Waals surface area contributed by atoms with Crippen LogP contribution in [0, 0.1) is 0 Å². The Morgan fingerprint density at radius 2 is 1.92 bits per heavy atom. The van der Waals surface area contributed by atoms with Gasteiger partial charge >= 0.3 is 0 Å². The molecule has 1 N–H and O–H groups in total. The van der Waals surface area contributed by atoms with Crippen molar-refractivity contribution >= 4 is 16.8 Å². The highest BCUT2D eigenvalue weighted by atomic mass is 16.5. The molecule has 0 bridgehead atoms. The minimum Gasteiger partial charge on any atom is -0.493 e. The van der Waals surface area contributed by atoms with Crippen LogP contribution in [0.5, 0.6) is 11.5 Å². The van der Waals surface area contributed by atoms with Crippen LogP contribution in [0.3, 0.4) is 0 Å². The lowest BCUT2D eigenvalue weighted by Gasteiger charge is -2.12. The fourth-order valence-electron chi connectivity index (χ4n) is 2.37. The summed E-state index contributed by atoms with van der Waals surface area (Å²) >= 11 is 0. The second-order valence-electron chi connectivity index (χ2n) is 5.87. The first kappa shape index (κ1) is 18.7. The number of methoxy groups -OCH3 is 2. The first-order chi connectivity index (χ1) is 12.0. The Labute approximate surface area is 146 Å². The van der Waals surface area contributed by atoms with Gasteiger partial charge in [-0.15, -0.1) is 0 Å². The van der Waals surface area contributed by atoms with Crippen LogP contribution in [-0.4, -0.2) is 61.8 Å². The third kappa shape index (κ3) is 4.69. The molecule has 0 aliphatic carbocycles. The Morgan fingerprint density at radius 1 is 1.24 bits per heavy atom. The van der Waals surface area contributed by atoms with E-state index in [1.54, 1.807) is 12.1 Å². The summed E-state index contributed by atoms with van der Waals surface area (Å²) in [5, 5.41) is 3.25. The fraction of sp³-hybridized carbons (Fsp3) is 0.471. The van der Waals surface area contributed by atoms with Crippen LogP contribution in [0.25, 0.3) is 10.9 Å². The zero-order chi connectivity index (χ0) is 18.4. The van der Waals surface area contributed by atoms with Gasteiger partial charge in [-0.05, 0) is 20.2 Å². The number of amides is 1. The number of carbonyl (C=O) groups is 1. The van der Waals surface area contributed by atoms with Gasteiger partial charge in [0, 0.05) is 32.1 Å². The molecule has 1 aromatic carbocycles. The van der Waals surface area contributed by atoms with Crippen molar-refractivity contribution in [3.05, 3.63) is 28.8 Å². The molecule has 2 rings (SSSR count). The third-order valence-corrected chi connectivity index (χ3v) is 3.79. The van der Waals surface area contributed by atoms with E-state index >= 15 is 0 Å². The summed E-state index contributed by atoms with van der Waals surface area (Å²) in [5.74, 6) is 0.883. The van der Waals surface area contributed by atoms with Crippen LogP contribution < -0.4 is 20.3 Å². The Balaban J connectivity index is 2.13. The van der Waals surface area contributed by atoms with Gasteiger partial charge in [0.2, 0.25) is 5.91 Å². The number of aromatic nitrogens is 2. The van der Waals surface area contributed by atoms with Crippen molar-refractivity contribution in [2.75, 3.05) is 41.4 Å². The van der Waals surface area contributed by atoms with Gasteiger partial charge in [0.25, 0.3) is 5.56 Å². The lowest BCUT2D eigenvalue weighted by atomic mass is 10.2. The molecule has 1 heterocycles. The molecule has 2 aromatic rings. The first-order valence-electron chi connectivity index (χ1n) is 7.99. The minimum atomic E-state index is -0.216. The molecule has 0 unspecified atom stereocenters. The summed E-state index contributed by atoms with van der Waals surface area (Å²) in [6, 6.07) is 3.27. The van der Waals surface area contributed by atoms with Crippen LogP contribution >= 0.6 is 0 Å². The molecular weight excluding hydrogens is 324 g/mol. The summed E-state index contributed by atoms with van der Waals surface area (Å²) in [6.45, 7) is 1.61. The van der Waals surface area contributed by atoms with Crippen molar-refractivity contribution in [2.24, 2.45) is 0 Å². The number of carbonyl (C=O) groups excluding carboxylic acids is 1. The number of ether oxygens (including phenoxy) is 2. The molecule has 1 amide bonds. The highest BCUT2D eigenvalue weighted by molar-refractivity contribution is 5.81. The van der Waals surface area contributed by atoms with Crippen LogP contribution in [-0.2, 0) is 11.3 Å². The summed E-state index contributed by atoms with van der Waals surface area (Å²) in [6.07, 6.45) is 1.66. The topological polar surface area (TPSA) is 85.7 Å². The van der Waals surface area contributed by atoms with Gasteiger partial charge in [0.15, 0.2) is 11.5 Å². The molecule has 8 nitrogen and oxygen atoms in total. The third-order valence-electron chi connectivity index (χ3n) is 3.79. The number of benzene rings is 1. The zero-order valence-corrected chi connectivity index (χ0v) is 15.0. The summed E-state index contributed by atoms with van der Waals surface area (Å²) in [5.41, 5.74) is 0.307. The van der Waals surface area contributed by atoms with Crippen molar-refractivity contribution in [3.8, 4) is 11.5 Å². The second kappa shape index (κ2) is 8.48. The van der Waals surface area contributed by atoms with E-state index in [2.05, 4.69) is 10.3 Å². The molecule has 0 radical (unpaired) electrons. The van der Waals surface area contributed by atoms with Crippen LogP contribution in [0.15, 0.2) is 23.3 Å². The predicted octanol–water partition coefficient (Wildman–Crippen LogP) is 0.482. The zero-order valence-electron chi connectivity index (χ0n) is 15.0. The fourth-order valence-corrected chi connectivity index (χ4v) is 2.37. The van der Waals surface area contributed by atoms with E-state index in [-0.39, 0.29) is 24.4 Å². The molecule has 25 heavy (non-hydrogen) atoms. The maximum Gasteiger partial charge on any atom is 0.261 e. The molecule has 1 aromatic heterocycles. The molecule has 0 atom stereocenters. The number of aryl methyl sites for hydroxylation is 1. The van der Waals surface area contributed by atoms with Crippen molar-refractivity contribution in [1.29, 1.82) is 0 Å². The number of fused-ring (bicyclic) bond motifs is 1. The monoisotopic (exact) mass is 348 g/mol. The second-order valence-corrected chi connectivity index (χ2v) is 5.87. The van der Waals surface area contributed by atoms with E-state index in [4.69, 9.17) is 9.47 Å². The lowest BCUT2D eigenvalue weighted by molar-refractivity contribution is -0.121. The smallest absolute Gasteiger partial charge is 0.261 e. The van der Waals surface area contributed by atoms with Crippen molar-refractivity contribution in [3.63, 3.8) is 0 Å². The SMILES string of the molecule is COc1cc2ncn(CCC(=O)NCCN(C)C)c(=O)c2cc1OC. The summed E-state index contributed by atoms with van der Waals surface area (Å²) in [4.78, 5) is 30.7. The Hall–Kier alpha value is -2.61. The molecule has 0 spiro atoms. The van der Waals surface area contributed by atoms with E-state index in [9.17, 15) is 9.59 Å². The van der Waals surface area contributed by atoms with Gasteiger partial charge in [-0.2, -0.15) is 0 Å². The number of hydrogen-bond acceptors (Lipinski definition) is 6. The summed E-state index contributed by atoms with van der Waals surface area (Å²) in [7, 11) is 6.92. The number of nitrogens with zero attached hydrogens (tertiary/aromatic N) is 3. The molecule has 0 saturated carbocycles. The van der Waals surface area contributed by atoms with Crippen molar-refractivity contribution < 1.29 is 14.3 Å². The Bertz CT molecular complexity index is 801. The highest BCUT2D eigenvalue weighted by Crippen LogP contribution is 2.29. The number of likely N-dealkylation sites (N-methyl/N-ethyl adjacent to an activating group) is 1. The average Bonchev–Trinajstić information content (AvgIpc) is 2.59.